The summed E-state index contributed by atoms with van der Waals surface area (Å²) in [6, 6.07) is 0.627. The van der Waals surface area contributed by atoms with E-state index in [0.29, 0.717) is 30.6 Å². The van der Waals surface area contributed by atoms with Gasteiger partial charge in [-0.1, -0.05) is 19.8 Å². The van der Waals surface area contributed by atoms with Crippen molar-refractivity contribution in [1.29, 1.82) is 0 Å². The van der Waals surface area contributed by atoms with Crippen LogP contribution >= 0.6 is 0 Å². The molecule has 1 aliphatic heterocycles. The Morgan fingerprint density at radius 3 is 2.80 bits per heavy atom. The van der Waals surface area contributed by atoms with Crippen molar-refractivity contribution < 1.29 is 9.53 Å². The molecule has 5 unspecified atom stereocenters. The molecule has 1 heterocycles. The van der Waals surface area contributed by atoms with Gasteiger partial charge in [-0.2, -0.15) is 0 Å². The SMILES string of the molecule is CC1CC(C(=O)N2CCOC3CCCCC32)CCC1N. The van der Waals surface area contributed by atoms with E-state index in [1.54, 1.807) is 0 Å². The van der Waals surface area contributed by atoms with E-state index >= 15 is 0 Å². The lowest BCUT2D eigenvalue weighted by molar-refractivity contribution is -0.155. The summed E-state index contributed by atoms with van der Waals surface area (Å²) in [5.74, 6) is 1.05. The fraction of sp³-hybridized carbons (Fsp3) is 0.938. The first kappa shape index (κ1) is 14.3. The molecule has 114 valence electrons. The van der Waals surface area contributed by atoms with Gasteiger partial charge in [0, 0.05) is 18.5 Å². The number of hydrogen-bond donors (Lipinski definition) is 1. The molecule has 20 heavy (non-hydrogen) atoms. The van der Waals surface area contributed by atoms with Crippen LogP contribution in [0, 0.1) is 11.8 Å². The predicted octanol–water partition coefficient (Wildman–Crippen LogP) is 1.92. The first-order valence-electron chi connectivity index (χ1n) is 8.34. The van der Waals surface area contributed by atoms with Crippen LogP contribution in [0.2, 0.25) is 0 Å². The normalized spacial score (nSPS) is 42.1. The molecule has 5 atom stereocenters. The summed E-state index contributed by atoms with van der Waals surface area (Å²) in [6.07, 6.45) is 7.96. The predicted molar refractivity (Wildman–Crippen MR) is 78.2 cm³/mol. The first-order chi connectivity index (χ1) is 9.66. The molecule has 0 radical (unpaired) electrons. The zero-order chi connectivity index (χ0) is 14.1. The van der Waals surface area contributed by atoms with Crippen molar-refractivity contribution in [2.45, 2.75) is 70.1 Å². The largest absolute Gasteiger partial charge is 0.374 e. The first-order valence-corrected chi connectivity index (χ1v) is 8.34. The number of nitrogens with two attached hydrogens (primary N) is 1. The van der Waals surface area contributed by atoms with Gasteiger partial charge in [0.05, 0.1) is 18.8 Å². The van der Waals surface area contributed by atoms with E-state index < -0.39 is 0 Å². The van der Waals surface area contributed by atoms with Crippen molar-refractivity contribution in [2.24, 2.45) is 17.6 Å². The molecular weight excluding hydrogens is 252 g/mol. The lowest BCUT2D eigenvalue weighted by atomic mass is 9.78. The summed E-state index contributed by atoms with van der Waals surface area (Å²) in [6.45, 7) is 3.69. The molecule has 4 heteroatoms. The Bertz CT molecular complexity index is 358. The number of carbonyl (C=O) groups excluding carboxylic acids is 1. The maximum Gasteiger partial charge on any atom is 0.226 e. The van der Waals surface area contributed by atoms with Gasteiger partial charge in [0.2, 0.25) is 5.91 Å². The van der Waals surface area contributed by atoms with Gasteiger partial charge in [0.25, 0.3) is 0 Å². The highest BCUT2D eigenvalue weighted by Crippen LogP contribution is 2.33. The van der Waals surface area contributed by atoms with Crippen LogP contribution in [-0.4, -0.2) is 42.1 Å². The van der Waals surface area contributed by atoms with Crippen molar-refractivity contribution >= 4 is 5.91 Å². The molecule has 2 N–H and O–H groups in total. The van der Waals surface area contributed by atoms with Crippen LogP contribution in [0.4, 0.5) is 0 Å². The van der Waals surface area contributed by atoms with E-state index in [0.717, 1.165) is 38.6 Å². The Hall–Kier alpha value is -0.610. The molecule has 1 amide bonds. The Morgan fingerprint density at radius 1 is 1.20 bits per heavy atom. The molecule has 0 spiro atoms. The molecule has 1 saturated heterocycles. The summed E-state index contributed by atoms with van der Waals surface area (Å²) in [4.78, 5) is 15.0. The van der Waals surface area contributed by atoms with Crippen LogP contribution in [0.25, 0.3) is 0 Å². The second kappa shape index (κ2) is 6.02. The van der Waals surface area contributed by atoms with Crippen LogP contribution in [0.3, 0.4) is 0 Å². The average Bonchev–Trinajstić information content (AvgIpc) is 2.49. The van der Waals surface area contributed by atoms with E-state index in [-0.39, 0.29) is 12.0 Å². The molecule has 0 bridgehead atoms. The molecule has 3 aliphatic rings. The van der Waals surface area contributed by atoms with Gasteiger partial charge < -0.3 is 15.4 Å². The molecule has 3 fully saturated rings. The van der Waals surface area contributed by atoms with Crippen LogP contribution in [0.15, 0.2) is 0 Å². The highest BCUT2D eigenvalue weighted by molar-refractivity contribution is 5.79. The third-order valence-electron chi connectivity index (χ3n) is 5.60. The zero-order valence-corrected chi connectivity index (χ0v) is 12.6. The van der Waals surface area contributed by atoms with Gasteiger partial charge in [-0.3, -0.25) is 4.79 Å². The maximum absolute atomic E-state index is 12.9. The minimum Gasteiger partial charge on any atom is -0.374 e. The molecule has 0 aromatic carbocycles. The highest BCUT2D eigenvalue weighted by atomic mass is 16.5. The molecule has 0 aromatic rings. The number of morpholine rings is 1. The topological polar surface area (TPSA) is 55.6 Å². The number of hydrogen-bond acceptors (Lipinski definition) is 3. The Morgan fingerprint density at radius 2 is 2.00 bits per heavy atom. The van der Waals surface area contributed by atoms with E-state index in [4.69, 9.17) is 10.5 Å². The molecule has 0 aromatic heterocycles. The van der Waals surface area contributed by atoms with Crippen molar-refractivity contribution in [2.75, 3.05) is 13.2 Å². The Labute approximate surface area is 122 Å². The van der Waals surface area contributed by atoms with Gasteiger partial charge in [0.15, 0.2) is 0 Å². The summed E-state index contributed by atoms with van der Waals surface area (Å²) in [5, 5.41) is 0. The number of amides is 1. The molecule has 3 rings (SSSR count). The fourth-order valence-electron chi connectivity index (χ4n) is 4.25. The van der Waals surface area contributed by atoms with Crippen LogP contribution < -0.4 is 5.73 Å². The second-order valence-electron chi connectivity index (χ2n) is 6.94. The van der Waals surface area contributed by atoms with Crippen molar-refractivity contribution in [3.05, 3.63) is 0 Å². The number of fused-ring (bicyclic) bond motifs is 1. The average molecular weight is 280 g/mol. The monoisotopic (exact) mass is 280 g/mol. The smallest absolute Gasteiger partial charge is 0.226 e. The van der Waals surface area contributed by atoms with Crippen LogP contribution in [0.5, 0.6) is 0 Å². The molecule has 4 nitrogen and oxygen atoms in total. The van der Waals surface area contributed by atoms with E-state index in [1.165, 1.54) is 12.8 Å². The quantitative estimate of drug-likeness (QED) is 0.798. The van der Waals surface area contributed by atoms with Crippen molar-refractivity contribution in [3.8, 4) is 0 Å². The maximum atomic E-state index is 12.9. The minimum atomic E-state index is 0.200. The number of nitrogens with zero attached hydrogens (tertiary/aromatic N) is 1. The van der Waals surface area contributed by atoms with E-state index in [9.17, 15) is 4.79 Å². The fourth-order valence-corrected chi connectivity index (χ4v) is 4.25. The number of rotatable bonds is 1. The van der Waals surface area contributed by atoms with Crippen LogP contribution in [-0.2, 0) is 9.53 Å². The second-order valence-corrected chi connectivity index (χ2v) is 6.94. The number of carbonyl (C=O) groups is 1. The van der Waals surface area contributed by atoms with Gasteiger partial charge in [-0.05, 0) is 38.0 Å². The lowest BCUT2D eigenvalue weighted by Gasteiger charge is -2.45. The van der Waals surface area contributed by atoms with Crippen molar-refractivity contribution in [3.63, 3.8) is 0 Å². The van der Waals surface area contributed by atoms with Gasteiger partial charge in [-0.25, -0.2) is 0 Å². The summed E-state index contributed by atoms with van der Waals surface area (Å²) >= 11 is 0. The van der Waals surface area contributed by atoms with Crippen LogP contribution in [0.1, 0.15) is 51.9 Å². The van der Waals surface area contributed by atoms with Gasteiger partial charge in [-0.15, -0.1) is 0 Å². The summed E-state index contributed by atoms with van der Waals surface area (Å²) < 4.78 is 5.87. The number of ether oxygens (including phenoxy) is 1. The lowest BCUT2D eigenvalue weighted by Crippen LogP contribution is -2.56. The Kier molecular flexibility index (Phi) is 4.32. The van der Waals surface area contributed by atoms with Crippen molar-refractivity contribution in [1.82, 2.24) is 4.90 Å². The highest BCUT2D eigenvalue weighted by Gasteiger charge is 2.40. The zero-order valence-electron chi connectivity index (χ0n) is 12.6. The third kappa shape index (κ3) is 2.73. The molecule has 2 saturated carbocycles. The van der Waals surface area contributed by atoms with E-state index in [1.807, 2.05) is 0 Å². The summed E-state index contributed by atoms with van der Waals surface area (Å²) in [7, 11) is 0. The third-order valence-corrected chi connectivity index (χ3v) is 5.60. The van der Waals surface area contributed by atoms with Gasteiger partial charge >= 0.3 is 0 Å². The molecule has 2 aliphatic carbocycles. The Balaban J connectivity index is 1.66. The standard InChI is InChI=1S/C16H28N2O2/c1-11-10-12(6-7-13(11)17)16(19)18-8-9-20-15-5-3-2-4-14(15)18/h11-15H,2-10,17H2,1H3. The molecular formula is C16H28N2O2. The summed E-state index contributed by atoms with van der Waals surface area (Å²) in [5.41, 5.74) is 6.08. The van der Waals surface area contributed by atoms with Gasteiger partial charge in [0.1, 0.15) is 0 Å². The van der Waals surface area contributed by atoms with E-state index in [2.05, 4.69) is 11.8 Å². The minimum absolute atomic E-state index is 0.200.